The molecule has 1 aromatic carbocycles. The summed E-state index contributed by atoms with van der Waals surface area (Å²) in [5.74, 6) is 0.0808. The summed E-state index contributed by atoms with van der Waals surface area (Å²) in [4.78, 5) is 23.0. The first-order valence-electron chi connectivity index (χ1n) is 7.57. The predicted molar refractivity (Wildman–Crippen MR) is 87.5 cm³/mol. The lowest BCUT2D eigenvalue weighted by atomic mass is 9.97. The summed E-state index contributed by atoms with van der Waals surface area (Å²) in [6.07, 6.45) is -0.621. The van der Waals surface area contributed by atoms with Crippen LogP contribution in [-0.4, -0.2) is 18.7 Å². The maximum atomic E-state index is 11.8. The van der Waals surface area contributed by atoms with Crippen molar-refractivity contribution in [2.24, 2.45) is 5.41 Å². The molecule has 1 heterocycles. The van der Waals surface area contributed by atoms with Crippen LogP contribution in [0.5, 0.6) is 5.75 Å². The molecule has 0 aliphatic rings. The lowest BCUT2D eigenvalue weighted by Gasteiger charge is -2.19. The number of ether oxygens (including phenoxy) is 2. The van der Waals surface area contributed by atoms with Gasteiger partial charge < -0.3 is 13.9 Å². The third-order valence-corrected chi connectivity index (χ3v) is 3.25. The number of rotatable bonds is 5. The Labute approximate surface area is 139 Å². The van der Waals surface area contributed by atoms with Gasteiger partial charge in [0.1, 0.15) is 17.4 Å². The average molecular weight is 329 g/mol. The topological polar surface area (TPSA) is 89.5 Å². The van der Waals surface area contributed by atoms with E-state index in [0.29, 0.717) is 11.3 Å². The summed E-state index contributed by atoms with van der Waals surface area (Å²) in [7, 11) is 0. The van der Waals surface area contributed by atoms with Gasteiger partial charge in [-0.2, -0.15) is 5.26 Å². The monoisotopic (exact) mass is 329 g/mol. The Bertz CT molecular complexity index is 826. The van der Waals surface area contributed by atoms with E-state index in [0.717, 1.165) is 5.39 Å². The van der Waals surface area contributed by atoms with Gasteiger partial charge in [0.2, 0.25) is 0 Å². The highest BCUT2D eigenvalue weighted by Crippen LogP contribution is 2.20. The van der Waals surface area contributed by atoms with Crippen LogP contribution in [0.4, 0.5) is 0 Å². The lowest BCUT2D eigenvalue weighted by Crippen LogP contribution is -2.28. The van der Waals surface area contributed by atoms with Crippen molar-refractivity contribution in [2.45, 2.75) is 33.3 Å². The van der Waals surface area contributed by atoms with Crippen molar-refractivity contribution >= 4 is 16.9 Å². The Morgan fingerprint density at radius 3 is 2.67 bits per heavy atom. The Balaban J connectivity index is 1.94. The van der Waals surface area contributed by atoms with E-state index in [1.165, 1.54) is 6.07 Å². The van der Waals surface area contributed by atoms with Crippen LogP contribution in [0, 0.1) is 16.7 Å². The Hall–Kier alpha value is -2.81. The fraction of sp³-hybridized carbons (Fsp3) is 0.389. The second-order valence-corrected chi connectivity index (χ2v) is 6.36. The molecule has 0 radical (unpaired) electrons. The van der Waals surface area contributed by atoms with Crippen LogP contribution in [0.25, 0.3) is 11.0 Å². The van der Waals surface area contributed by atoms with Gasteiger partial charge in [0, 0.05) is 23.9 Å². The van der Waals surface area contributed by atoms with Gasteiger partial charge in [-0.3, -0.25) is 4.79 Å². The number of carbonyl (C=O) groups is 1. The summed E-state index contributed by atoms with van der Waals surface area (Å²) in [6, 6.07) is 10.1. The minimum atomic E-state index is -0.866. The van der Waals surface area contributed by atoms with Crippen molar-refractivity contribution in [3.63, 3.8) is 0 Å². The van der Waals surface area contributed by atoms with E-state index < -0.39 is 23.1 Å². The molecule has 0 spiro atoms. The molecule has 0 saturated carbocycles. The van der Waals surface area contributed by atoms with E-state index in [2.05, 4.69) is 0 Å². The molecule has 0 fully saturated rings. The highest BCUT2D eigenvalue weighted by atomic mass is 16.5. The Kier molecular flexibility index (Phi) is 5.24. The van der Waals surface area contributed by atoms with Gasteiger partial charge in [0.05, 0.1) is 12.0 Å². The number of fused-ring (bicyclic) bond motifs is 1. The van der Waals surface area contributed by atoms with Gasteiger partial charge in [-0.15, -0.1) is 0 Å². The van der Waals surface area contributed by atoms with E-state index in [1.807, 2.05) is 6.07 Å². The molecule has 2 rings (SSSR count). The fourth-order valence-corrected chi connectivity index (χ4v) is 1.87. The maximum absolute atomic E-state index is 11.8. The minimum Gasteiger partial charge on any atom is -0.493 e. The molecule has 1 atom stereocenters. The van der Waals surface area contributed by atoms with Crippen LogP contribution < -0.4 is 10.4 Å². The zero-order valence-electron chi connectivity index (χ0n) is 13.9. The van der Waals surface area contributed by atoms with Crippen molar-refractivity contribution in [3.8, 4) is 11.8 Å². The number of nitriles is 1. The summed E-state index contributed by atoms with van der Waals surface area (Å²) >= 11 is 0. The van der Waals surface area contributed by atoms with Crippen molar-refractivity contribution in [3.05, 3.63) is 40.8 Å². The van der Waals surface area contributed by atoms with Gasteiger partial charge in [-0.1, -0.05) is 0 Å². The molecule has 0 saturated heterocycles. The summed E-state index contributed by atoms with van der Waals surface area (Å²) in [5.41, 5.74) is -0.666. The zero-order valence-corrected chi connectivity index (χ0v) is 13.9. The van der Waals surface area contributed by atoms with Crippen molar-refractivity contribution in [1.29, 1.82) is 5.26 Å². The first-order valence-corrected chi connectivity index (χ1v) is 7.57. The summed E-state index contributed by atoms with van der Waals surface area (Å²) < 4.78 is 15.8. The van der Waals surface area contributed by atoms with Crippen molar-refractivity contribution in [1.82, 2.24) is 0 Å². The number of nitrogens with zero attached hydrogens (tertiary/aromatic N) is 1. The second-order valence-electron chi connectivity index (χ2n) is 6.36. The van der Waals surface area contributed by atoms with Crippen LogP contribution >= 0.6 is 0 Å². The van der Waals surface area contributed by atoms with Crippen LogP contribution in [0.2, 0.25) is 0 Å². The zero-order chi connectivity index (χ0) is 17.7. The van der Waals surface area contributed by atoms with E-state index in [1.54, 1.807) is 45.0 Å². The van der Waals surface area contributed by atoms with E-state index in [9.17, 15) is 9.59 Å². The molecule has 2 aromatic rings. The molecule has 1 unspecified atom stereocenters. The fourth-order valence-electron chi connectivity index (χ4n) is 1.87. The molecule has 0 amide bonds. The SMILES string of the molecule is CC(C)(C)C(=O)OC(C#N)CCOc1ccc2ccc(=O)oc2c1. The normalized spacial score (nSPS) is 12.4. The van der Waals surface area contributed by atoms with Crippen LogP contribution in [0.15, 0.2) is 39.5 Å². The third kappa shape index (κ3) is 4.59. The third-order valence-electron chi connectivity index (χ3n) is 3.25. The number of hydrogen-bond donors (Lipinski definition) is 0. The molecular weight excluding hydrogens is 310 g/mol. The van der Waals surface area contributed by atoms with E-state index in [4.69, 9.17) is 19.2 Å². The minimum absolute atomic E-state index is 0.193. The highest BCUT2D eigenvalue weighted by Gasteiger charge is 2.26. The van der Waals surface area contributed by atoms with Gasteiger partial charge >= 0.3 is 11.6 Å². The number of carbonyl (C=O) groups excluding carboxylic acids is 1. The summed E-state index contributed by atoms with van der Waals surface area (Å²) in [5, 5.41) is 9.87. The first kappa shape index (κ1) is 17.5. The molecule has 0 bridgehead atoms. The number of esters is 1. The number of benzene rings is 1. The number of hydrogen-bond acceptors (Lipinski definition) is 6. The van der Waals surface area contributed by atoms with Crippen molar-refractivity contribution in [2.75, 3.05) is 6.61 Å². The van der Waals surface area contributed by atoms with Crippen LogP contribution in [0.1, 0.15) is 27.2 Å². The Morgan fingerprint density at radius 2 is 2.00 bits per heavy atom. The standard InChI is InChI=1S/C18H19NO5/c1-18(2,3)17(21)23-14(11-19)8-9-22-13-6-4-12-5-7-16(20)24-15(12)10-13/h4-7,10,14H,8-9H2,1-3H3. The van der Waals surface area contributed by atoms with Gasteiger partial charge in [-0.25, -0.2) is 4.79 Å². The van der Waals surface area contributed by atoms with Gasteiger partial charge in [0.15, 0.2) is 6.10 Å². The van der Waals surface area contributed by atoms with E-state index in [-0.39, 0.29) is 13.0 Å². The molecule has 0 N–H and O–H groups in total. The lowest BCUT2D eigenvalue weighted by molar-refractivity contribution is -0.156. The van der Waals surface area contributed by atoms with Crippen LogP contribution in [0.3, 0.4) is 0 Å². The molecule has 126 valence electrons. The maximum Gasteiger partial charge on any atom is 0.336 e. The van der Waals surface area contributed by atoms with Crippen molar-refractivity contribution < 1.29 is 18.7 Å². The second kappa shape index (κ2) is 7.18. The molecule has 1 aromatic heterocycles. The molecule has 6 heteroatoms. The van der Waals surface area contributed by atoms with Gasteiger partial charge in [0.25, 0.3) is 0 Å². The first-order chi connectivity index (χ1) is 11.3. The quantitative estimate of drug-likeness (QED) is 0.618. The highest BCUT2D eigenvalue weighted by molar-refractivity contribution is 5.77. The average Bonchev–Trinajstić information content (AvgIpc) is 2.52. The largest absolute Gasteiger partial charge is 0.493 e. The predicted octanol–water partition coefficient (Wildman–Crippen LogP) is 3.04. The molecular formula is C18H19NO5. The van der Waals surface area contributed by atoms with E-state index >= 15 is 0 Å². The Morgan fingerprint density at radius 1 is 1.29 bits per heavy atom. The van der Waals surface area contributed by atoms with Gasteiger partial charge in [-0.05, 0) is 39.0 Å². The molecule has 6 nitrogen and oxygen atoms in total. The molecule has 0 aliphatic carbocycles. The smallest absolute Gasteiger partial charge is 0.336 e. The summed E-state index contributed by atoms with van der Waals surface area (Å²) in [6.45, 7) is 5.37. The molecule has 24 heavy (non-hydrogen) atoms. The molecule has 0 aliphatic heterocycles. The van der Waals surface area contributed by atoms with Crippen LogP contribution in [-0.2, 0) is 9.53 Å².